The zero-order valence-corrected chi connectivity index (χ0v) is 24.1. The van der Waals surface area contributed by atoms with E-state index in [1.165, 1.54) is 15.9 Å². The first-order chi connectivity index (χ1) is 16.7. The molecule has 0 unspecified atom stereocenters. The summed E-state index contributed by atoms with van der Waals surface area (Å²) in [6, 6.07) is 38.6. The second-order valence-corrected chi connectivity index (χ2v) is 12.6. The molecule has 4 aromatic rings. The van der Waals surface area contributed by atoms with Crippen molar-refractivity contribution in [2.24, 2.45) is 0 Å². The van der Waals surface area contributed by atoms with E-state index in [0.717, 1.165) is 11.2 Å². The van der Waals surface area contributed by atoms with E-state index in [4.69, 9.17) is 11.6 Å². The molecule has 0 heterocycles. The fraction of sp³-hybridized carbons (Fsp3) is 0.0690. The number of hydrogen-bond acceptors (Lipinski definition) is 2. The highest BCUT2D eigenvalue weighted by molar-refractivity contribution is 14.0. The maximum absolute atomic E-state index is 13.5. The Kier molecular flexibility index (Phi) is 10.4. The van der Waals surface area contributed by atoms with E-state index in [9.17, 15) is 4.79 Å². The van der Waals surface area contributed by atoms with Crippen molar-refractivity contribution in [2.45, 2.75) is 6.92 Å². The van der Waals surface area contributed by atoms with Gasteiger partial charge in [0, 0.05) is 16.0 Å². The van der Waals surface area contributed by atoms with Crippen LogP contribution in [0.2, 0.25) is 5.02 Å². The van der Waals surface area contributed by atoms with Gasteiger partial charge in [-0.2, -0.15) is 0 Å². The number of rotatable bonds is 8. The first-order valence-corrected chi connectivity index (χ1v) is 14.3. The van der Waals surface area contributed by atoms with Crippen LogP contribution in [0.4, 0.5) is 0 Å². The molecule has 2 nitrogen and oxygen atoms in total. The number of benzene rings is 4. The van der Waals surface area contributed by atoms with Crippen LogP contribution in [0.1, 0.15) is 17.3 Å². The van der Waals surface area contributed by atoms with Gasteiger partial charge in [0.2, 0.25) is 0 Å². The molecule has 0 radical (unpaired) electrons. The summed E-state index contributed by atoms with van der Waals surface area (Å²) >= 11 is 7.76. The van der Waals surface area contributed by atoms with Crippen LogP contribution in [0.5, 0.6) is 0 Å². The Balaban J connectivity index is 0.00000342. The van der Waals surface area contributed by atoms with Crippen molar-refractivity contribution in [1.29, 1.82) is 0 Å². The molecule has 1 amide bonds. The van der Waals surface area contributed by atoms with Gasteiger partial charge in [-0.25, -0.2) is 0 Å². The highest BCUT2D eigenvalue weighted by Gasteiger charge is 2.50. The van der Waals surface area contributed by atoms with Crippen molar-refractivity contribution < 1.29 is 4.79 Å². The van der Waals surface area contributed by atoms with Gasteiger partial charge in [-0.3, -0.25) is 10.1 Å². The SMILES string of the molecule is CCS/C=C(\NC(=O)c1ccc(Cl)cc1)[P+](c1ccccc1)(c1ccccc1)c1ccccc1.I. The minimum atomic E-state index is -2.39. The largest absolute Gasteiger partial charge is 0.292 e. The molecule has 6 heteroatoms. The van der Waals surface area contributed by atoms with E-state index in [2.05, 4.69) is 90.4 Å². The summed E-state index contributed by atoms with van der Waals surface area (Å²) in [7, 11) is -2.39. The number of hydrogen-bond donors (Lipinski definition) is 1. The Morgan fingerprint density at radius 3 is 1.60 bits per heavy atom. The topological polar surface area (TPSA) is 29.1 Å². The Hall–Kier alpha value is -2.11. The zero-order chi connectivity index (χ0) is 23.8. The average molecular weight is 631 g/mol. The molecule has 35 heavy (non-hydrogen) atoms. The molecule has 0 aromatic heterocycles. The molecule has 0 aliphatic heterocycles. The van der Waals surface area contributed by atoms with Crippen LogP contribution in [0.3, 0.4) is 0 Å². The average Bonchev–Trinajstić information content (AvgIpc) is 2.90. The van der Waals surface area contributed by atoms with Crippen LogP contribution in [0.15, 0.2) is 126 Å². The van der Waals surface area contributed by atoms with Crippen molar-refractivity contribution in [3.05, 3.63) is 137 Å². The molecule has 0 saturated heterocycles. The lowest BCUT2D eigenvalue weighted by Gasteiger charge is -2.29. The third kappa shape index (κ3) is 6.18. The first kappa shape index (κ1) is 27.5. The van der Waals surface area contributed by atoms with Crippen molar-refractivity contribution in [2.75, 3.05) is 5.75 Å². The highest BCUT2D eigenvalue weighted by Crippen LogP contribution is 2.61. The minimum absolute atomic E-state index is 0. The predicted molar refractivity (Wildman–Crippen MR) is 166 cm³/mol. The van der Waals surface area contributed by atoms with Gasteiger partial charge in [0.25, 0.3) is 5.91 Å². The van der Waals surface area contributed by atoms with Gasteiger partial charge in [0.1, 0.15) is 15.9 Å². The molecule has 0 aliphatic carbocycles. The molecule has 0 bridgehead atoms. The molecule has 178 valence electrons. The van der Waals surface area contributed by atoms with Gasteiger partial charge in [-0.1, -0.05) is 73.1 Å². The van der Waals surface area contributed by atoms with Crippen LogP contribution < -0.4 is 21.2 Å². The molecule has 0 atom stereocenters. The molecule has 0 fully saturated rings. The van der Waals surface area contributed by atoms with Gasteiger partial charge < -0.3 is 0 Å². The number of thioether (sulfide) groups is 1. The molecular formula is C29H27ClINOPS+. The normalized spacial score (nSPS) is 11.4. The summed E-state index contributed by atoms with van der Waals surface area (Å²) < 4.78 is 0. The lowest BCUT2D eigenvalue weighted by atomic mass is 10.2. The monoisotopic (exact) mass is 630 g/mol. The quantitative estimate of drug-likeness (QED) is 0.164. The summed E-state index contributed by atoms with van der Waals surface area (Å²) in [5.41, 5.74) is 1.49. The molecular weight excluding hydrogens is 604 g/mol. The highest BCUT2D eigenvalue weighted by atomic mass is 127. The Labute approximate surface area is 234 Å². The molecule has 0 saturated carbocycles. The van der Waals surface area contributed by atoms with Gasteiger partial charge >= 0.3 is 0 Å². The van der Waals surface area contributed by atoms with Crippen molar-refractivity contribution in [1.82, 2.24) is 5.32 Å². The predicted octanol–water partition coefficient (Wildman–Crippen LogP) is 7.23. The Bertz CT molecular complexity index is 1160. The van der Waals surface area contributed by atoms with Gasteiger partial charge in [0.05, 0.1) is 0 Å². The van der Waals surface area contributed by atoms with Gasteiger partial charge in [-0.15, -0.1) is 35.7 Å². The smallest absolute Gasteiger partial charge is 0.258 e. The third-order valence-electron chi connectivity index (χ3n) is 5.50. The fourth-order valence-corrected chi connectivity index (χ4v) is 9.19. The number of amides is 1. The molecule has 0 aliphatic rings. The maximum Gasteiger partial charge on any atom is 0.258 e. The number of halogens is 2. The maximum atomic E-state index is 13.5. The molecule has 0 spiro atoms. The van der Waals surface area contributed by atoms with Crippen LogP contribution >= 0.6 is 54.6 Å². The van der Waals surface area contributed by atoms with E-state index >= 15 is 0 Å². The summed E-state index contributed by atoms with van der Waals surface area (Å²) in [6.07, 6.45) is 0. The van der Waals surface area contributed by atoms with E-state index in [0.29, 0.717) is 10.6 Å². The summed E-state index contributed by atoms with van der Waals surface area (Å²) in [6.45, 7) is 2.12. The van der Waals surface area contributed by atoms with Crippen LogP contribution in [-0.4, -0.2) is 11.7 Å². The lowest BCUT2D eigenvalue weighted by molar-refractivity contribution is 0.0968. The van der Waals surface area contributed by atoms with Gasteiger partial charge in [-0.05, 0) is 66.4 Å². The van der Waals surface area contributed by atoms with Crippen molar-refractivity contribution in [3.8, 4) is 0 Å². The van der Waals surface area contributed by atoms with Crippen LogP contribution in [0.25, 0.3) is 0 Å². The standard InChI is InChI=1S/C29H25ClNOPS.HI/c1-2-34-22-28(31-29(32)23-18-20-24(30)21-19-23)33(25-12-6-3-7-13-25,26-14-8-4-9-15-26)27-16-10-5-11-17-27;/h3-22H,2H2,1H3;1H/p+1/b28-22+;. The van der Waals surface area contributed by atoms with E-state index in [1.54, 1.807) is 36.0 Å². The summed E-state index contributed by atoms with van der Waals surface area (Å²) in [4.78, 5) is 13.5. The van der Waals surface area contributed by atoms with E-state index in [1.807, 2.05) is 18.2 Å². The van der Waals surface area contributed by atoms with Crippen LogP contribution in [0, 0.1) is 0 Å². The molecule has 1 N–H and O–H groups in total. The fourth-order valence-electron chi connectivity index (χ4n) is 3.96. The zero-order valence-electron chi connectivity index (χ0n) is 19.3. The number of nitrogens with one attached hydrogen (secondary N) is 1. The second kappa shape index (κ2) is 13.3. The van der Waals surface area contributed by atoms with Crippen molar-refractivity contribution in [3.63, 3.8) is 0 Å². The second-order valence-electron chi connectivity index (χ2n) is 7.60. The Morgan fingerprint density at radius 2 is 1.20 bits per heavy atom. The lowest BCUT2D eigenvalue weighted by Crippen LogP contribution is -2.38. The van der Waals surface area contributed by atoms with E-state index in [-0.39, 0.29) is 29.9 Å². The van der Waals surface area contributed by atoms with Gasteiger partial charge in [0.15, 0.2) is 12.7 Å². The van der Waals surface area contributed by atoms with Crippen molar-refractivity contribution >= 4 is 76.4 Å². The van der Waals surface area contributed by atoms with Crippen LogP contribution in [-0.2, 0) is 0 Å². The third-order valence-corrected chi connectivity index (χ3v) is 10.8. The molecule has 4 aromatic carbocycles. The summed E-state index contributed by atoms with van der Waals surface area (Å²) in [5, 5.41) is 9.63. The first-order valence-electron chi connectivity index (χ1n) is 11.1. The number of carbonyl (C=O) groups is 1. The Morgan fingerprint density at radius 1 is 0.771 bits per heavy atom. The molecule has 4 rings (SSSR count). The minimum Gasteiger partial charge on any atom is -0.292 e. The van der Waals surface area contributed by atoms with E-state index < -0.39 is 7.26 Å². The summed E-state index contributed by atoms with van der Waals surface area (Å²) in [5.74, 6) is 0.755. The number of carbonyl (C=O) groups excluding carboxylic acids is 1.